The third-order valence-corrected chi connectivity index (χ3v) is 3.19. The number of carbonyl (C=O) groups excluding carboxylic acids is 1. The van der Waals surface area contributed by atoms with E-state index in [1.165, 1.54) is 18.2 Å². The summed E-state index contributed by atoms with van der Waals surface area (Å²) in [6.07, 6.45) is 0. The highest BCUT2D eigenvalue weighted by Crippen LogP contribution is 2.21. The van der Waals surface area contributed by atoms with E-state index in [1.54, 1.807) is 24.3 Å². The zero-order chi connectivity index (χ0) is 13.0. The maximum absolute atomic E-state index is 12.9. The van der Waals surface area contributed by atoms with Crippen molar-refractivity contribution >= 4 is 28.4 Å². The third kappa shape index (κ3) is 3.29. The number of carbonyl (C=O) groups is 1. The van der Waals surface area contributed by atoms with Crippen LogP contribution in [0.4, 0.5) is 4.39 Å². The topological polar surface area (TPSA) is 26.3 Å². The van der Waals surface area contributed by atoms with Gasteiger partial charge in [0.2, 0.25) is 0 Å². The molecule has 2 rings (SSSR count). The van der Waals surface area contributed by atoms with E-state index < -0.39 is 0 Å². The fourth-order valence-corrected chi connectivity index (χ4v) is 2.08. The van der Waals surface area contributed by atoms with Gasteiger partial charge < -0.3 is 4.74 Å². The van der Waals surface area contributed by atoms with Crippen LogP contribution in [0.2, 0.25) is 0 Å². The Kier molecular flexibility index (Phi) is 4.30. The number of hydrogen-bond donors (Lipinski definition) is 0. The molecular formula is C14H10FIO2. The van der Waals surface area contributed by atoms with Gasteiger partial charge >= 0.3 is 0 Å². The van der Waals surface area contributed by atoms with Gasteiger partial charge in [-0.15, -0.1) is 0 Å². The molecule has 2 aromatic rings. The Morgan fingerprint density at radius 2 is 1.89 bits per heavy atom. The van der Waals surface area contributed by atoms with Crippen LogP contribution in [-0.4, -0.2) is 12.4 Å². The molecule has 0 aliphatic carbocycles. The lowest BCUT2D eigenvalue weighted by atomic mass is 10.1. The molecule has 2 aromatic carbocycles. The fourth-order valence-electron chi connectivity index (χ4n) is 1.44. The summed E-state index contributed by atoms with van der Waals surface area (Å²) in [6.45, 7) is -0.0500. The predicted molar refractivity (Wildman–Crippen MR) is 75.4 cm³/mol. The first-order valence-corrected chi connectivity index (χ1v) is 6.41. The quantitative estimate of drug-likeness (QED) is 0.617. The Morgan fingerprint density at radius 3 is 2.56 bits per heavy atom. The van der Waals surface area contributed by atoms with Gasteiger partial charge in [-0.2, -0.15) is 0 Å². The maximum atomic E-state index is 12.9. The largest absolute Gasteiger partial charge is 0.484 e. The van der Waals surface area contributed by atoms with Gasteiger partial charge in [-0.05, 0) is 40.8 Å². The molecule has 0 radical (unpaired) electrons. The highest BCUT2D eigenvalue weighted by atomic mass is 127. The van der Waals surface area contributed by atoms with Crippen molar-refractivity contribution in [1.29, 1.82) is 0 Å². The molecule has 0 saturated heterocycles. The number of Topliss-reactive ketones (excluding diaryl/α,β-unsaturated/α-hetero) is 1. The first kappa shape index (κ1) is 13.0. The van der Waals surface area contributed by atoms with E-state index in [1.807, 2.05) is 28.7 Å². The van der Waals surface area contributed by atoms with Crippen LogP contribution in [0.1, 0.15) is 10.4 Å². The van der Waals surface area contributed by atoms with E-state index in [9.17, 15) is 9.18 Å². The second kappa shape index (κ2) is 5.95. The van der Waals surface area contributed by atoms with Crippen LogP contribution in [0, 0.1) is 9.39 Å². The lowest BCUT2D eigenvalue weighted by molar-refractivity contribution is 0.0921. The molecule has 0 aromatic heterocycles. The highest BCUT2D eigenvalue weighted by Gasteiger charge is 2.08. The summed E-state index contributed by atoms with van der Waals surface area (Å²) in [5, 5.41) is 0. The zero-order valence-corrected chi connectivity index (χ0v) is 11.6. The molecular weight excluding hydrogens is 346 g/mol. The normalized spacial score (nSPS) is 10.1. The van der Waals surface area contributed by atoms with Crippen LogP contribution >= 0.6 is 22.6 Å². The number of ether oxygens (including phenoxy) is 1. The van der Waals surface area contributed by atoms with Crippen molar-refractivity contribution in [2.75, 3.05) is 6.61 Å². The molecule has 0 unspecified atom stereocenters. The van der Waals surface area contributed by atoms with E-state index in [-0.39, 0.29) is 18.2 Å². The van der Waals surface area contributed by atoms with Gasteiger partial charge in [0.25, 0.3) is 0 Å². The first-order chi connectivity index (χ1) is 8.66. The average molecular weight is 356 g/mol. The predicted octanol–water partition coefficient (Wildman–Crippen LogP) is 3.69. The number of benzene rings is 2. The number of halogens is 2. The molecule has 0 aliphatic rings. The zero-order valence-electron chi connectivity index (χ0n) is 9.40. The molecule has 0 amide bonds. The summed E-state index contributed by atoms with van der Waals surface area (Å²) in [7, 11) is 0. The van der Waals surface area contributed by atoms with E-state index in [2.05, 4.69) is 0 Å². The summed E-state index contributed by atoms with van der Waals surface area (Å²) in [5.74, 6) is 0.0955. The molecule has 0 saturated carbocycles. The molecule has 0 N–H and O–H groups in total. The number of hydrogen-bond acceptors (Lipinski definition) is 2. The molecule has 92 valence electrons. The van der Waals surface area contributed by atoms with Gasteiger partial charge in [0.05, 0.1) is 3.57 Å². The van der Waals surface area contributed by atoms with Crippen LogP contribution in [0.5, 0.6) is 5.75 Å². The summed E-state index contributed by atoms with van der Waals surface area (Å²) in [6, 6.07) is 13.1. The Labute approximate surface area is 118 Å². The second-order valence-electron chi connectivity index (χ2n) is 3.65. The van der Waals surface area contributed by atoms with Crippen LogP contribution in [0.15, 0.2) is 48.5 Å². The fraction of sp³-hybridized carbons (Fsp3) is 0.0714. The molecule has 0 bridgehead atoms. The van der Waals surface area contributed by atoms with Crippen LogP contribution in [0.25, 0.3) is 0 Å². The molecule has 0 atom stereocenters. The molecule has 4 heteroatoms. The molecule has 0 heterocycles. The Morgan fingerprint density at radius 1 is 1.17 bits per heavy atom. The monoisotopic (exact) mass is 356 g/mol. The summed E-state index contributed by atoms with van der Waals surface area (Å²) < 4.78 is 18.9. The minimum Gasteiger partial charge on any atom is -0.484 e. The van der Waals surface area contributed by atoms with Crippen molar-refractivity contribution < 1.29 is 13.9 Å². The first-order valence-electron chi connectivity index (χ1n) is 5.33. The van der Waals surface area contributed by atoms with Crippen molar-refractivity contribution in [3.8, 4) is 5.75 Å². The Balaban J connectivity index is 2.02. The van der Waals surface area contributed by atoms with E-state index >= 15 is 0 Å². The van der Waals surface area contributed by atoms with Gasteiger partial charge in [-0.1, -0.05) is 30.3 Å². The van der Waals surface area contributed by atoms with Gasteiger partial charge in [0.1, 0.15) is 11.6 Å². The lowest BCUT2D eigenvalue weighted by Gasteiger charge is -2.07. The van der Waals surface area contributed by atoms with E-state index in [4.69, 9.17) is 4.74 Å². The van der Waals surface area contributed by atoms with E-state index in [0.29, 0.717) is 14.9 Å². The van der Waals surface area contributed by atoms with Crippen molar-refractivity contribution in [2.45, 2.75) is 0 Å². The van der Waals surface area contributed by atoms with Gasteiger partial charge in [0, 0.05) is 5.56 Å². The summed E-state index contributed by atoms with van der Waals surface area (Å²) in [4.78, 5) is 11.8. The Hall–Kier alpha value is -1.43. The molecule has 18 heavy (non-hydrogen) atoms. The van der Waals surface area contributed by atoms with Crippen molar-refractivity contribution in [2.24, 2.45) is 0 Å². The summed E-state index contributed by atoms with van der Waals surface area (Å²) >= 11 is 1.97. The molecule has 0 aliphatic heterocycles. The lowest BCUT2D eigenvalue weighted by Crippen LogP contribution is -2.11. The van der Waals surface area contributed by atoms with Gasteiger partial charge in [-0.25, -0.2) is 4.39 Å². The smallest absolute Gasteiger partial charge is 0.200 e. The minimum atomic E-state index is -0.318. The number of rotatable bonds is 4. The second-order valence-corrected chi connectivity index (χ2v) is 4.81. The SMILES string of the molecule is O=C(COc1ccc(F)cc1I)c1ccccc1. The van der Waals surface area contributed by atoms with E-state index in [0.717, 1.165) is 0 Å². The summed E-state index contributed by atoms with van der Waals surface area (Å²) in [5.41, 5.74) is 0.606. The number of ketones is 1. The maximum Gasteiger partial charge on any atom is 0.200 e. The van der Waals surface area contributed by atoms with Crippen molar-refractivity contribution in [3.05, 3.63) is 63.5 Å². The average Bonchev–Trinajstić information content (AvgIpc) is 2.38. The van der Waals surface area contributed by atoms with Crippen LogP contribution in [-0.2, 0) is 0 Å². The molecule has 0 spiro atoms. The minimum absolute atomic E-state index is 0.0500. The molecule has 2 nitrogen and oxygen atoms in total. The van der Waals surface area contributed by atoms with Crippen LogP contribution < -0.4 is 4.74 Å². The standard InChI is InChI=1S/C14H10FIO2/c15-11-6-7-14(12(16)8-11)18-9-13(17)10-4-2-1-3-5-10/h1-8H,9H2. The third-order valence-electron chi connectivity index (χ3n) is 2.35. The Bertz CT molecular complexity index is 555. The van der Waals surface area contributed by atoms with Crippen molar-refractivity contribution in [3.63, 3.8) is 0 Å². The highest BCUT2D eigenvalue weighted by molar-refractivity contribution is 14.1. The van der Waals surface area contributed by atoms with Crippen LogP contribution in [0.3, 0.4) is 0 Å². The van der Waals surface area contributed by atoms with Gasteiger partial charge in [0.15, 0.2) is 12.4 Å². The molecule has 0 fully saturated rings. The van der Waals surface area contributed by atoms with Gasteiger partial charge in [-0.3, -0.25) is 4.79 Å². The van der Waals surface area contributed by atoms with Crippen molar-refractivity contribution in [1.82, 2.24) is 0 Å².